The van der Waals surface area contributed by atoms with Gasteiger partial charge in [0.15, 0.2) is 5.13 Å². The van der Waals surface area contributed by atoms with Crippen LogP contribution in [-0.4, -0.2) is 34.0 Å². The Hall–Kier alpha value is -1.92. The van der Waals surface area contributed by atoms with E-state index in [0.717, 1.165) is 23.1 Å². The second-order valence-electron chi connectivity index (χ2n) is 6.25. The number of nitrogens with one attached hydrogen (secondary N) is 1. The monoisotopic (exact) mass is 331 g/mol. The van der Waals surface area contributed by atoms with Gasteiger partial charge in [-0.3, -0.25) is 9.69 Å². The van der Waals surface area contributed by atoms with Crippen molar-refractivity contribution < 1.29 is 9.90 Å². The van der Waals surface area contributed by atoms with Gasteiger partial charge in [0.2, 0.25) is 0 Å². The summed E-state index contributed by atoms with van der Waals surface area (Å²) >= 11 is 1.57. The minimum absolute atomic E-state index is 0.191. The van der Waals surface area contributed by atoms with Crippen LogP contribution in [0.25, 0.3) is 0 Å². The van der Waals surface area contributed by atoms with Crippen molar-refractivity contribution in [2.45, 2.75) is 20.4 Å². The summed E-state index contributed by atoms with van der Waals surface area (Å²) in [7, 11) is 0. The van der Waals surface area contributed by atoms with Gasteiger partial charge in [0, 0.05) is 30.7 Å². The molecule has 23 heavy (non-hydrogen) atoms. The molecule has 122 valence electrons. The Morgan fingerprint density at radius 1 is 1.39 bits per heavy atom. The van der Waals surface area contributed by atoms with E-state index in [1.807, 2.05) is 24.4 Å². The second-order valence-corrected chi connectivity index (χ2v) is 7.11. The number of benzene rings is 1. The topological polar surface area (TPSA) is 65.5 Å². The molecule has 1 saturated heterocycles. The van der Waals surface area contributed by atoms with Crippen LogP contribution in [0.15, 0.2) is 29.6 Å². The number of carboxylic acids is 1. The van der Waals surface area contributed by atoms with Gasteiger partial charge in [-0.1, -0.05) is 24.6 Å². The number of aryl methyl sites for hydroxylation is 1. The van der Waals surface area contributed by atoms with Crippen LogP contribution in [0.5, 0.6) is 0 Å². The Morgan fingerprint density at radius 2 is 2.13 bits per heavy atom. The molecule has 1 aromatic carbocycles. The molecule has 0 aliphatic carbocycles. The lowest BCUT2D eigenvalue weighted by Gasteiger charge is -2.13. The number of hydrogen-bond acceptors (Lipinski definition) is 5. The van der Waals surface area contributed by atoms with Gasteiger partial charge in [-0.25, -0.2) is 4.98 Å². The van der Waals surface area contributed by atoms with Gasteiger partial charge in [-0.05, 0) is 25.0 Å². The van der Waals surface area contributed by atoms with Gasteiger partial charge in [0.25, 0.3) is 0 Å². The molecule has 0 bridgehead atoms. The predicted molar refractivity (Wildman–Crippen MR) is 92.1 cm³/mol. The van der Waals surface area contributed by atoms with Crippen molar-refractivity contribution in [3.63, 3.8) is 0 Å². The number of carbonyl (C=O) groups is 1. The van der Waals surface area contributed by atoms with Crippen LogP contribution >= 0.6 is 11.3 Å². The molecule has 0 spiro atoms. The van der Waals surface area contributed by atoms with E-state index in [-0.39, 0.29) is 11.8 Å². The number of aromatic nitrogens is 1. The van der Waals surface area contributed by atoms with Crippen LogP contribution in [0, 0.1) is 18.8 Å². The van der Waals surface area contributed by atoms with E-state index in [0.29, 0.717) is 13.1 Å². The maximum atomic E-state index is 11.2. The van der Waals surface area contributed by atoms with Gasteiger partial charge in [0.1, 0.15) is 0 Å². The SMILES string of the molecule is Cc1ccc(Nc2nc(CN3C[C@@H](C)[C@H](C(=O)O)C3)cs2)cc1. The fourth-order valence-corrected chi connectivity index (χ4v) is 3.67. The van der Waals surface area contributed by atoms with Crippen LogP contribution < -0.4 is 5.32 Å². The molecule has 1 aromatic heterocycles. The highest BCUT2D eigenvalue weighted by Crippen LogP contribution is 2.26. The average molecular weight is 331 g/mol. The molecular weight excluding hydrogens is 310 g/mol. The fraction of sp³-hybridized carbons (Fsp3) is 0.412. The molecule has 2 aromatic rings. The van der Waals surface area contributed by atoms with Crippen molar-refractivity contribution in [3.05, 3.63) is 40.9 Å². The van der Waals surface area contributed by atoms with Crippen LogP contribution in [0.4, 0.5) is 10.8 Å². The first-order valence-electron chi connectivity index (χ1n) is 7.74. The highest BCUT2D eigenvalue weighted by Gasteiger charge is 2.34. The molecule has 2 atom stereocenters. The van der Waals surface area contributed by atoms with Crippen molar-refractivity contribution in [1.29, 1.82) is 0 Å². The number of carboxylic acid groups (broad SMARTS) is 1. The minimum atomic E-state index is -0.694. The summed E-state index contributed by atoms with van der Waals surface area (Å²) in [6, 6.07) is 8.20. The Bertz CT molecular complexity index is 683. The quantitative estimate of drug-likeness (QED) is 0.879. The van der Waals surface area contributed by atoms with Gasteiger partial charge in [-0.2, -0.15) is 0 Å². The van der Waals surface area contributed by atoms with Crippen LogP contribution in [0.1, 0.15) is 18.2 Å². The summed E-state index contributed by atoms with van der Waals surface area (Å²) in [6.07, 6.45) is 0. The number of nitrogens with zero attached hydrogens (tertiary/aromatic N) is 2. The maximum absolute atomic E-state index is 11.2. The van der Waals surface area contributed by atoms with E-state index in [1.165, 1.54) is 5.56 Å². The van der Waals surface area contributed by atoms with Gasteiger partial charge >= 0.3 is 5.97 Å². The van der Waals surface area contributed by atoms with Crippen molar-refractivity contribution in [3.8, 4) is 0 Å². The van der Waals surface area contributed by atoms with E-state index in [4.69, 9.17) is 0 Å². The second kappa shape index (κ2) is 6.68. The maximum Gasteiger partial charge on any atom is 0.308 e. The van der Waals surface area contributed by atoms with Gasteiger partial charge in [0.05, 0.1) is 11.6 Å². The lowest BCUT2D eigenvalue weighted by Crippen LogP contribution is -2.23. The summed E-state index contributed by atoms with van der Waals surface area (Å²) < 4.78 is 0. The summed E-state index contributed by atoms with van der Waals surface area (Å²) in [5, 5.41) is 15.4. The van der Waals surface area contributed by atoms with Crippen molar-refractivity contribution >= 4 is 28.1 Å². The molecule has 1 aliphatic rings. The summed E-state index contributed by atoms with van der Waals surface area (Å²) in [5.41, 5.74) is 3.24. The average Bonchev–Trinajstić information content (AvgIpc) is 3.08. The fourth-order valence-electron chi connectivity index (χ4n) is 2.94. The highest BCUT2D eigenvalue weighted by atomic mass is 32.1. The summed E-state index contributed by atoms with van der Waals surface area (Å²) in [6.45, 7) is 6.20. The molecule has 0 amide bonds. The van der Waals surface area contributed by atoms with E-state index in [2.05, 4.69) is 34.3 Å². The molecule has 6 heteroatoms. The van der Waals surface area contributed by atoms with Crippen molar-refractivity contribution in [1.82, 2.24) is 9.88 Å². The Morgan fingerprint density at radius 3 is 2.78 bits per heavy atom. The van der Waals surface area contributed by atoms with Gasteiger partial charge < -0.3 is 10.4 Å². The molecule has 0 radical (unpaired) electrons. The smallest absolute Gasteiger partial charge is 0.308 e. The molecular formula is C17H21N3O2S. The number of rotatable bonds is 5. The Labute approximate surface area is 140 Å². The van der Waals surface area contributed by atoms with E-state index >= 15 is 0 Å². The molecule has 0 saturated carbocycles. The minimum Gasteiger partial charge on any atom is -0.481 e. The molecule has 0 unspecified atom stereocenters. The van der Waals surface area contributed by atoms with Crippen LogP contribution in [-0.2, 0) is 11.3 Å². The third kappa shape index (κ3) is 3.89. The number of thiazole rings is 1. The lowest BCUT2D eigenvalue weighted by atomic mass is 9.99. The van der Waals surface area contributed by atoms with Crippen molar-refractivity contribution in [2.75, 3.05) is 18.4 Å². The highest BCUT2D eigenvalue weighted by molar-refractivity contribution is 7.13. The number of likely N-dealkylation sites (tertiary alicyclic amines) is 1. The summed E-state index contributed by atoms with van der Waals surface area (Å²) in [5.74, 6) is -0.768. The van der Waals surface area contributed by atoms with Crippen molar-refractivity contribution in [2.24, 2.45) is 11.8 Å². The van der Waals surface area contributed by atoms with E-state index in [9.17, 15) is 9.90 Å². The van der Waals surface area contributed by atoms with Gasteiger partial charge in [-0.15, -0.1) is 11.3 Å². The predicted octanol–water partition coefficient (Wildman–Crippen LogP) is 3.35. The first kappa shape index (κ1) is 16.0. The van der Waals surface area contributed by atoms with Crippen LogP contribution in [0.2, 0.25) is 0 Å². The number of anilines is 2. The molecule has 5 nitrogen and oxygen atoms in total. The Kier molecular flexibility index (Phi) is 4.63. The lowest BCUT2D eigenvalue weighted by molar-refractivity contribution is -0.142. The zero-order valence-corrected chi connectivity index (χ0v) is 14.1. The first-order chi connectivity index (χ1) is 11.0. The zero-order valence-electron chi connectivity index (χ0n) is 13.3. The third-order valence-electron chi connectivity index (χ3n) is 4.25. The zero-order chi connectivity index (χ0) is 16.4. The molecule has 1 aliphatic heterocycles. The van der Waals surface area contributed by atoms with E-state index in [1.54, 1.807) is 11.3 Å². The van der Waals surface area contributed by atoms with Crippen LogP contribution in [0.3, 0.4) is 0 Å². The normalized spacial score (nSPS) is 21.5. The standard InChI is InChI=1S/C17H21N3O2S/c1-11-3-5-13(6-4-11)18-17-19-14(10-23-17)8-20-7-12(2)15(9-20)16(21)22/h3-6,10,12,15H,7-9H2,1-2H3,(H,18,19)(H,21,22)/t12-,15-/m1/s1. The number of aliphatic carboxylic acids is 1. The molecule has 1 fully saturated rings. The Balaban J connectivity index is 1.59. The third-order valence-corrected chi connectivity index (χ3v) is 5.05. The first-order valence-corrected chi connectivity index (χ1v) is 8.62. The summed E-state index contributed by atoms with van der Waals surface area (Å²) in [4.78, 5) is 18.0. The molecule has 2 heterocycles. The molecule has 2 N–H and O–H groups in total. The van der Waals surface area contributed by atoms with E-state index < -0.39 is 5.97 Å². The largest absolute Gasteiger partial charge is 0.481 e. The number of hydrogen-bond donors (Lipinski definition) is 2. The molecule has 3 rings (SSSR count).